The fourth-order valence-electron chi connectivity index (χ4n) is 2.04. The molecule has 0 saturated heterocycles. The van der Waals surface area contributed by atoms with Crippen molar-refractivity contribution in [2.24, 2.45) is 5.41 Å². The maximum atomic E-state index is 4.10. The molecule has 0 bridgehead atoms. The van der Waals surface area contributed by atoms with Crippen molar-refractivity contribution >= 4 is 0 Å². The van der Waals surface area contributed by atoms with Crippen molar-refractivity contribution in [3.63, 3.8) is 0 Å². The second-order valence-corrected chi connectivity index (χ2v) is 6.08. The van der Waals surface area contributed by atoms with Gasteiger partial charge in [-0.25, -0.2) is 4.98 Å². The Bertz CT molecular complexity index is 492. The summed E-state index contributed by atoms with van der Waals surface area (Å²) < 4.78 is 2.12. The maximum Gasteiger partial charge on any atom is 0.0946 e. The highest BCUT2D eigenvalue weighted by Crippen LogP contribution is 2.21. The minimum absolute atomic E-state index is 0.182. The average Bonchev–Trinajstić information content (AvgIpc) is 2.94. The lowest BCUT2D eigenvalue weighted by Crippen LogP contribution is -2.43. The molecule has 0 aliphatic rings. The summed E-state index contributed by atoms with van der Waals surface area (Å²) in [5, 5.41) is 10.7. The number of aromatic amines is 1. The predicted octanol–water partition coefficient (Wildman–Crippen LogP) is 2.12. The van der Waals surface area contributed by atoms with E-state index in [1.165, 1.54) is 5.56 Å². The van der Waals surface area contributed by atoms with Gasteiger partial charge < -0.3 is 9.88 Å². The van der Waals surface area contributed by atoms with Gasteiger partial charge >= 0.3 is 0 Å². The molecule has 5 heteroatoms. The predicted molar refractivity (Wildman–Crippen MR) is 75.6 cm³/mol. The van der Waals surface area contributed by atoms with E-state index in [-0.39, 0.29) is 5.41 Å². The van der Waals surface area contributed by atoms with Crippen molar-refractivity contribution < 1.29 is 0 Å². The van der Waals surface area contributed by atoms with Crippen LogP contribution in [0, 0.1) is 12.3 Å². The highest BCUT2D eigenvalue weighted by Gasteiger charge is 2.24. The zero-order chi connectivity index (χ0) is 13.9. The third-order valence-electron chi connectivity index (χ3n) is 3.47. The van der Waals surface area contributed by atoms with E-state index in [2.05, 4.69) is 45.8 Å². The van der Waals surface area contributed by atoms with Crippen LogP contribution in [0.15, 0.2) is 24.9 Å². The van der Waals surface area contributed by atoms with E-state index in [4.69, 9.17) is 0 Å². The molecular weight excluding hydrogens is 238 g/mol. The van der Waals surface area contributed by atoms with Gasteiger partial charge in [-0.1, -0.05) is 20.8 Å². The van der Waals surface area contributed by atoms with Crippen molar-refractivity contribution in [3.8, 4) is 0 Å². The minimum atomic E-state index is 0.182. The quantitative estimate of drug-likeness (QED) is 0.866. The summed E-state index contributed by atoms with van der Waals surface area (Å²) in [4.78, 5) is 4.10. The summed E-state index contributed by atoms with van der Waals surface area (Å²) in [7, 11) is 0. The molecule has 2 aromatic heterocycles. The molecule has 0 amide bonds. The summed E-state index contributed by atoms with van der Waals surface area (Å²) in [6.45, 7) is 10.6. The Morgan fingerprint density at radius 3 is 2.74 bits per heavy atom. The summed E-state index contributed by atoms with van der Waals surface area (Å²) >= 11 is 0. The van der Waals surface area contributed by atoms with Gasteiger partial charge in [0, 0.05) is 42.8 Å². The Kier molecular flexibility index (Phi) is 4.04. The van der Waals surface area contributed by atoms with Gasteiger partial charge in [0.25, 0.3) is 0 Å². The first kappa shape index (κ1) is 13.8. The molecule has 0 radical (unpaired) electrons. The number of aryl methyl sites for hydroxylation is 1. The number of hydrogen-bond acceptors (Lipinski definition) is 3. The Labute approximate surface area is 114 Å². The Morgan fingerprint density at radius 2 is 2.21 bits per heavy atom. The number of hydrogen-bond donors (Lipinski definition) is 2. The van der Waals surface area contributed by atoms with E-state index in [9.17, 15) is 0 Å². The molecule has 0 saturated carbocycles. The summed E-state index contributed by atoms with van der Waals surface area (Å²) in [6.07, 6.45) is 7.58. The lowest BCUT2D eigenvalue weighted by atomic mass is 9.86. The number of H-pyrrole nitrogens is 1. The fraction of sp³-hybridized carbons (Fsp3) is 0.571. The Hall–Kier alpha value is -1.62. The van der Waals surface area contributed by atoms with Crippen LogP contribution in [0.5, 0.6) is 0 Å². The third-order valence-corrected chi connectivity index (χ3v) is 3.47. The monoisotopic (exact) mass is 261 g/mol. The zero-order valence-electron chi connectivity index (χ0n) is 12.1. The Balaban J connectivity index is 2.00. The Morgan fingerprint density at radius 1 is 1.42 bits per heavy atom. The lowest BCUT2D eigenvalue weighted by Gasteiger charge is -2.32. The standard InChI is InChI=1S/C14H23N5/c1-11-12(8-17-18-11)7-16-13(14(2,3)4)9-19-6-5-15-10-19/h5-6,8,10,13,16H,7,9H2,1-4H3,(H,17,18). The van der Waals surface area contributed by atoms with E-state index in [0.29, 0.717) is 6.04 Å². The number of nitrogens with zero attached hydrogens (tertiary/aromatic N) is 3. The van der Waals surface area contributed by atoms with Crippen LogP contribution in [0.1, 0.15) is 32.0 Å². The van der Waals surface area contributed by atoms with Crippen molar-refractivity contribution in [1.82, 2.24) is 25.1 Å². The van der Waals surface area contributed by atoms with Crippen LogP contribution in [-0.4, -0.2) is 25.8 Å². The van der Waals surface area contributed by atoms with Crippen molar-refractivity contribution in [3.05, 3.63) is 36.2 Å². The largest absolute Gasteiger partial charge is 0.336 e. The van der Waals surface area contributed by atoms with Gasteiger partial charge in [-0.05, 0) is 12.3 Å². The number of nitrogens with one attached hydrogen (secondary N) is 2. The third kappa shape index (κ3) is 3.67. The molecule has 5 nitrogen and oxygen atoms in total. The molecule has 0 aliphatic heterocycles. The molecule has 1 unspecified atom stereocenters. The first-order valence-electron chi connectivity index (χ1n) is 6.65. The van der Waals surface area contributed by atoms with Gasteiger partial charge in [-0.2, -0.15) is 5.10 Å². The molecule has 0 aliphatic carbocycles. The maximum absolute atomic E-state index is 4.10. The number of imidazole rings is 1. The van der Waals surface area contributed by atoms with Gasteiger partial charge in [-0.3, -0.25) is 5.10 Å². The number of rotatable bonds is 5. The van der Waals surface area contributed by atoms with Crippen LogP contribution in [-0.2, 0) is 13.1 Å². The zero-order valence-corrected chi connectivity index (χ0v) is 12.1. The minimum Gasteiger partial charge on any atom is -0.336 e. The molecule has 0 spiro atoms. The average molecular weight is 261 g/mol. The normalized spacial score (nSPS) is 13.7. The van der Waals surface area contributed by atoms with E-state index < -0.39 is 0 Å². The van der Waals surface area contributed by atoms with Crippen LogP contribution in [0.3, 0.4) is 0 Å². The molecule has 19 heavy (non-hydrogen) atoms. The molecule has 2 rings (SSSR count). The highest BCUT2D eigenvalue weighted by atomic mass is 15.1. The molecule has 0 aromatic carbocycles. The highest BCUT2D eigenvalue weighted by molar-refractivity contribution is 5.14. The van der Waals surface area contributed by atoms with E-state index >= 15 is 0 Å². The molecular formula is C14H23N5. The lowest BCUT2D eigenvalue weighted by molar-refractivity contribution is 0.240. The summed E-state index contributed by atoms with van der Waals surface area (Å²) in [6, 6.07) is 0.371. The van der Waals surface area contributed by atoms with Crippen LogP contribution in [0.25, 0.3) is 0 Å². The van der Waals surface area contributed by atoms with Gasteiger partial charge in [0.2, 0.25) is 0 Å². The molecule has 1 atom stereocenters. The topological polar surface area (TPSA) is 58.5 Å². The first-order chi connectivity index (χ1) is 8.97. The summed E-state index contributed by atoms with van der Waals surface area (Å²) in [5.41, 5.74) is 2.53. The van der Waals surface area contributed by atoms with Gasteiger partial charge in [0.15, 0.2) is 0 Å². The van der Waals surface area contributed by atoms with Gasteiger partial charge in [0.1, 0.15) is 0 Å². The van der Waals surface area contributed by atoms with Crippen molar-refractivity contribution in [1.29, 1.82) is 0 Å². The summed E-state index contributed by atoms with van der Waals surface area (Å²) in [5.74, 6) is 0. The van der Waals surface area contributed by atoms with Crippen LogP contribution in [0.4, 0.5) is 0 Å². The second kappa shape index (κ2) is 5.57. The smallest absolute Gasteiger partial charge is 0.0946 e. The van der Waals surface area contributed by atoms with Gasteiger partial charge in [0.05, 0.1) is 12.5 Å². The van der Waals surface area contributed by atoms with Gasteiger partial charge in [-0.15, -0.1) is 0 Å². The van der Waals surface area contributed by atoms with E-state index in [1.54, 1.807) is 0 Å². The fourth-order valence-corrected chi connectivity index (χ4v) is 2.04. The first-order valence-corrected chi connectivity index (χ1v) is 6.65. The molecule has 0 fully saturated rings. The SMILES string of the molecule is Cc1[nH]ncc1CNC(Cn1ccnc1)C(C)(C)C. The number of aromatic nitrogens is 4. The molecule has 104 valence electrons. The molecule has 2 heterocycles. The van der Waals surface area contributed by atoms with Crippen molar-refractivity contribution in [2.75, 3.05) is 0 Å². The second-order valence-electron chi connectivity index (χ2n) is 6.08. The van der Waals surface area contributed by atoms with Crippen LogP contribution < -0.4 is 5.32 Å². The van der Waals surface area contributed by atoms with Crippen molar-refractivity contribution in [2.45, 2.75) is 46.8 Å². The molecule has 2 N–H and O–H groups in total. The van der Waals surface area contributed by atoms with E-state index in [0.717, 1.165) is 18.8 Å². The van der Waals surface area contributed by atoms with Crippen LogP contribution >= 0.6 is 0 Å². The van der Waals surface area contributed by atoms with Crippen LogP contribution in [0.2, 0.25) is 0 Å². The molecule has 2 aromatic rings. The van der Waals surface area contributed by atoms with E-state index in [1.807, 2.05) is 31.8 Å².